The molecule has 0 amide bonds. The average molecular weight is 210 g/mol. The fourth-order valence-corrected chi connectivity index (χ4v) is 1.18. The van der Waals surface area contributed by atoms with Crippen LogP contribution in [0.25, 0.3) is 0 Å². The summed E-state index contributed by atoms with van der Waals surface area (Å²) in [6, 6.07) is 8.93. The first-order chi connectivity index (χ1) is 6.94. The molecule has 0 aromatic heterocycles. The monoisotopic (exact) mass is 210 g/mol. The van der Waals surface area contributed by atoms with Crippen molar-refractivity contribution in [1.82, 2.24) is 0 Å². The van der Waals surface area contributed by atoms with Gasteiger partial charge in [-0.1, -0.05) is 30.3 Å². The van der Waals surface area contributed by atoms with Crippen LogP contribution in [0.15, 0.2) is 30.3 Å². The molecule has 1 rings (SSSR count). The molecule has 0 aliphatic heterocycles. The third kappa shape index (κ3) is 2.78. The molecule has 0 bridgehead atoms. The molecule has 0 saturated heterocycles. The smallest absolute Gasteiger partial charge is 0.338 e. The van der Waals surface area contributed by atoms with Gasteiger partial charge in [-0.05, 0) is 12.5 Å². The van der Waals surface area contributed by atoms with Gasteiger partial charge in [0.05, 0.1) is 6.10 Å². The third-order valence-corrected chi connectivity index (χ3v) is 2.35. The molecule has 0 saturated carbocycles. The van der Waals surface area contributed by atoms with Crippen LogP contribution in [-0.2, 0) is 11.2 Å². The van der Waals surface area contributed by atoms with E-state index < -0.39 is 17.7 Å². The van der Waals surface area contributed by atoms with Crippen molar-refractivity contribution in [3.8, 4) is 0 Å². The van der Waals surface area contributed by atoms with Gasteiger partial charge < -0.3 is 15.3 Å². The number of carboxylic acids is 1. The van der Waals surface area contributed by atoms with E-state index in [0.717, 1.165) is 12.5 Å². The number of rotatable bonds is 4. The molecule has 2 atom stereocenters. The minimum atomic E-state index is -2.12. The van der Waals surface area contributed by atoms with E-state index in [9.17, 15) is 15.0 Å². The summed E-state index contributed by atoms with van der Waals surface area (Å²) in [6.45, 7) is 1.09. The molecule has 82 valence electrons. The van der Waals surface area contributed by atoms with Crippen LogP contribution in [0.4, 0.5) is 0 Å². The number of benzene rings is 1. The van der Waals surface area contributed by atoms with E-state index in [2.05, 4.69) is 0 Å². The Bertz CT molecular complexity index is 332. The molecule has 0 spiro atoms. The maximum absolute atomic E-state index is 10.6. The predicted molar refractivity (Wildman–Crippen MR) is 54.4 cm³/mol. The summed E-state index contributed by atoms with van der Waals surface area (Å²) >= 11 is 0. The minimum absolute atomic E-state index is 0.111. The Balaban J connectivity index is 2.72. The second kappa shape index (κ2) is 4.42. The molecule has 3 N–H and O–H groups in total. The standard InChI is InChI=1S/C11H14O4/c1-11(15,10(13)14)9(12)7-8-5-3-2-4-6-8/h2-6,9,12,15H,7H2,1H3,(H,13,14)/t9?,11-/m0/s1. The van der Waals surface area contributed by atoms with E-state index in [4.69, 9.17) is 5.11 Å². The second-order valence-electron chi connectivity index (χ2n) is 3.66. The highest BCUT2D eigenvalue weighted by molar-refractivity contribution is 5.77. The number of carboxylic acid groups (broad SMARTS) is 1. The number of aliphatic hydroxyl groups is 2. The highest BCUT2D eigenvalue weighted by Gasteiger charge is 2.38. The number of hydrogen-bond donors (Lipinski definition) is 3. The molecule has 1 aromatic rings. The van der Waals surface area contributed by atoms with Crippen LogP contribution in [-0.4, -0.2) is 33.0 Å². The summed E-state index contributed by atoms with van der Waals surface area (Å²) in [7, 11) is 0. The highest BCUT2D eigenvalue weighted by Crippen LogP contribution is 2.15. The van der Waals surface area contributed by atoms with Gasteiger partial charge >= 0.3 is 5.97 Å². The molecule has 15 heavy (non-hydrogen) atoms. The van der Waals surface area contributed by atoms with Gasteiger partial charge in [0.2, 0.25) is 0 Å². The summed E-state index contributed by atoms with van der Waals surface area (Å²) in [5.41, 5.74) is -1.33. The Labute approximate surface area is 87.8 Å². The van der Waals surface area contributed by atoms with Gasteiger partial charge in [-0.25, -0.2) is 4.79 Å². The van der Waals surface area contributed by atoms with Crippen molar-refractivity contribution in [2.24, 2.45) is 0 Å². The van der Waals surface area contributed by atoms with Gasteiger partial charge in [-0.2, -0.15) is 0 Å². The van der Waals surface area contributed by atoms with Gasteiger partial charge in [0, 0.05) is 6.42 Å². The molecule has 0 heterocycles. The van der Waals surface area contributed by atoms with E-state index in [0.29, 0.717) is 0 Å². The van der Waals surface area contributed by atoms with Gasteiger partial charge in [0.25, 0.3) is 0 Å². The first-order valence-corrected chi connectivity index (χ1v) is 4.62. The summed E-state index contributed by atoms with van der Waals surface area (Å²) in [5.74, 6) is -1.43. The molecule has 0 radical (unpaired) electrons. The summed E-state index contributed by atoms with van der Waals surface area (Å²) in [6.07, 6.45) is -1.21. The molecule has 1 unspecified atom stereocenters. The van der Waals surface area contributed by atoms with Crippen LogP contribution < -0.4 is 0 Å². The first-order valence-electron chi connectivity index (χ1n) is 4.62. The van der Waals surface area contributed by atoms with E-state index in [-0.39, 0.29) is 6.42 Å². The molecule has 4 heteroatoms. The molecule has 0 aliphatic carbocycles. The van der Waals surface area contributed by atoms with Crippen LogP contribution in [0.5, 0.6) is 0 Å². The maximum atomic E-state index is 10.6. The first kappa shape index (κ1) is 11.7. The summed E-state index contributed by atoms with van der Waals surface area (Å²) in [4.78, 5) is 10.6. The molecular formula is C11H14O4. The van der Waals surface area contributed by atoms with Crippen molar-refractivity contribution >= 4 is 5.97 Å². The van der Waals surface area contributed by atoms with Crippen molar-refractivity contribution in [3.63, 3.8) is 0 Å². The average Bonchev–Trinajstić information content (AvgIpc) is 2.18. The highest BCUT2D eigenvalue weighted by atomic mass is 16.4. The fraction of sp³-hybridized carbons (Fsp3) is 0.364. The number of aliphatic hydroxyl groups excluding tert-OH is 1. The second-order valence-corrected chi connectivity index (χ2v) is 3.66. The minimum Gasteiger partial charge on any atom is -0.479 e. The Hall–Kier alpha value is -1.39. The molecular weight excluding hydrogens is 196 g/mol. The van der Waals surface area contributed by atoms with Crippen molar-refractivity contribution < 1.29 is 20.1 Å². The largest absolute Gasteiger partial charge is 0.479 e. The van der Waals surface area contributed by atoms with Crippen LogP contribution >= 0.6 is 0 Å². The van der Waals surface area contributed by atoms with Crippen molar-refractivity contribution in [3.05, 3.63) is 35.9 Å². The van der Waals surface area contributed by atoms with Gasteiger partial charge in [0.15, 0.2) is 5.60 Å². The van der Waals surface area contributed by atoms with Crippen LogP contribution in [0.1, 0.15) is 12.5 Å². The maximum Gasteiger partial charge on any atom is 0.338 e. The lowest BCUT2D eigenvalue weighted by molar-refractivity contribution is -0.168. The number of aliphatic carboxylic acids is 1. The van der Waals surface area contributed by atoms with Crippen LogP contribution in [0, 0.1) is 0 Å². The van der Waals surface area contributed by atoms with E-state index in [1.807, 2.05) is 6.07 Å². The van der Waals surface area contributed by atoms with E-state index in [1.54, 1.807) is 24.3 Å². The molecule has 0 aliphatic rings. The van der Waals surface area contributed by atoms with Gasteiger partial charge in [-0.3, -0.25) is 0 Å². The zero-order chi connectivity index (χ0) is 11.5. The topological polar surface area (TPSA) is 77.8 Å². The lowest BCUT2D eigenvalue weighted by atomic mass is 9.93. The van der Waals surface area contributed by atoms with Crippen LogP contribution in [0.2, 0.25) is 0 Å². The third-order valence-electron chi connectivity index (χ3n) is 2.35. The lowest BCUT2D eigenvalue weighted by Crippen LogP contribution is -2.47. The van der Waals surface area contributed by atoms with E-state index >= 15 is 0 Å². The number of carbonyl (C=O) groups is 1. The zero-order valence-corrected chi connectivity index (χ0v) is 8.42. The quantitative estimate of drug-likeness (QED) is 0.673. The Morgan fingerprint density at radius 3 is 2.40 bits per heavy atom. The van der Waals surface area contributed by atoms with Crippen molar-refractivity contribution in [1.29, 1.82) is 0 Å². The van der Waals surface area contributed by atoms with Gasteiger partial charge in [0.1, 0.15) is 0 Å². The van der Waals surface area contributed by atoms with Crippen LogP contribution in [0.3, 0.4) is 0 Å². The van der Waals surface area contributed by atoms with Crippen molar-refractivity contribution in [2.75, 3.05) is 0 Å². The molecule has 1 aromatic carbocycles. The summed E-state index contributed by atoms with van der Waals surface area (Å²) in [5, 5.41) is 27.7. The Morgan fingerprint density at radius 1 is 1.40 bits per heavy atom. The Kier molecular flexibility index (Phi) is 3.44. The zero-order valence-electron chi connectivity index (χ0n) is 8.42. The Morgan fingerprint density at radius 2 is 1.93 bits per heavy atom. The van der Waals surface area contributed by atoms with Crippen molar-refractivity contribution in [2.45, 2.75) is 25.0 Å². The summed E-state index contributed by atoms with van der Waals surface area (Å²) < 4.78 is 0. The normalized spacial score (nSPS) is 16.7. The SMILES string of the molecule is C[C@@](O)(C(=O)O)C(O)Cc1ccccc1. The lowest BCUT2D eigenvalue weighted by Gasteiger charge is -2.24. The van der Waals surface area contributed by atoms with E-state index in [1.165, 1.54) is 0 Å². The number of hydrogen-bond acceptors (Lipinski definition) is 3. The predicted octanol–water partition coefficient (Wildman–Crippen LogP) is 0.426. The molecule has 4 nitrogen and oxygen atoms in total. The molecule has 0 fully saturated rings. The fourth-order valence-electron chi connectivity index (χ4n) is 1.18. The van der Waals surface area contributed by atoms with Gasteiger partial charge in [-0.15, -0.1) is 0 Å².